The van der Waals surface area contributed by atoms with E-state index >= 15 is 0 Å². The number of aliphatic hydroxyl groups is 1. The van der Waals surface area contributed by atoms with Crippen molar-refractivity contribution in [2.75, 3.05) is 20.2 Å². The number of rotatable bonds is 4. The van der Waals surface area contributed by atoms with Gasteiger partial charge in [0.2, 0.25) is 0 Å². The minimum atomic E-state index is -0.469. The largest absolute Gasteiger partial charge is 0.497 e. The van der Waals surface area contributed by atoms with Crippen LogP contribution in [-0.4, -0.2) is 41.2 Å². The molecule has 2 bridgehead atoms. The van der Waals surface area contributed by atoms with Gasteiger partial charge in [0.15, 0.2) is 0 Å². The van der Waals surface area contributed by atoms with Gasteiger partial charge in [0.25, 0.3) is 0 Å². The van der Waals surface area contributed by atoms with Crippen molar-refractivity contribution < 1.29 is 9.84 Å². The van der Waals surface area contributed by atoms with Crippen molar-refractivity contribution in [3.05, 3.63) is 36.0 Å². The fraction of sp³-hybridized carbons (Fsp3) is 0.550. The lowest BCUT2D eigenvalue weighted by Crippen LogP contribution is -2.55. The van der Waals surface area contributed by atoms with Crippen LogP contribution in [0.25, 0.3) is 10.9 Å². The van der Waals surface area contributed by atoms with Crippen molar-refractivity contribution >= 4 is 10.9 Å². The van der Waals surface area contributed by atoms with E-state index < -0.39 is 6.10 Å². The van der Waals surface area contributed by atoms with Gasteiger partial charge >= 0.3 is 0 Å². The number of pyridine rings is 1. The molecule has 3 aliphatic rings. The lowest BCUT2D eigenvalue weighted by atomic mass is 9.72. The smallest absolute Gasteiger partial charge is 0.119 e. The normalized spacial score (nSPS) is 30.5. The van der Waals surface area contributed by atoms with Gasteiger partial charge in [0, 0.05) is 24.2 Å². The Morgan fingerprint density at radius 1 is 1.38 bits per heavy atom. The molecule has 4 heteroatoms. The van der Waals surface area contributed by atoms with E-state index in [1.807, 2.05) is 24.3 Å². The maximum absolute atomic E-state index is 11.2. The molecular weight excluding hydrogens is 300 g/mol. The molecule has 1 N–H and O–H groups in total. The van der Waals surface area contributed by atoms with E-state index in [9.17, 15) is 5.11 Å². The minimum Gasteiger partial charge on any atom is -0.497 e. The van der Waals surface area contributed by atoms with E-state index in [0.717, 1.165) is 53.6 Å². The predicted molar refractivity (Wildman–Crippen MR) is 95.1 cm³/mol. The molecule has 5 atom stereocenters. The SMILES string of the molecule is CC[C@@H]1CN2CC[C@H]1C[C@H]2[C@H](O)c1ccnc2ccc(OC)cc12. The molecule has 3 aliphatic heterocycles. The number of ether oxygens (including phenoxy) is 1. The van der Waals surface area contributed by atoms with Crippen LogP contribution in [-0.2, 0) is 0 Å². The summed E-state index contributed by atoms with van der Waals surface area (Å²) in [4.78, 5) is 6.94. The molecule has 4 heterocycles. The number of methoxy groups -OCH3 is 1. The summed E-state index contributed by atoms with van der Waals surface area (Å²) in [5.41, 5.74) is 1.89. The maximum atomic E-state index is 11.2. The summed E-state index contributed by atoms with van der Waals surface area (Å²) in [6.45, 7) is 4.55. The Labute approximate surface area is 143 Å². The fourth-order valence-electron chi connectivity index (χ4n) is 4.71. The van der Waals surface area contributed by atoms with Crippen LogP contribution in [0.3, 0.4) is 0 Å². The van der Waals surface area contributed by atoms with Gasteiger partial charge in [-0.3, -0.25) is 9.88 Å². The van der Waals surface area contributed by atoms with Crippen LogP contribution < -0.4 is 4.74 Å². The third-order valence-corrected chi connectivity index (χ3v) is 6.13. The molecule has 128 valence electrons. The molecule has 0 spiro atoms. The van der Waals surface area contributed by atoms with Gasteiger partial charge in [0.1, 0.15) is 5.75 Å². The topological polar surface area (TPSA) is 45.6 Å². The summed E-state index contributed by atoms with van der Waals surface area (Å²) in [7, 11) is 1.67. The van der Waals surface area contributed by atoms with Crippen molar-refractivity contribution in [1.82, 2.24) is 9.88 Å². The number of fused-ring (bicyclic) bond motifs is 4. The number of benzene rings is 1. The van der Waals surface area contributed by atoms with Gasteiger partial charge in [-0.25, -0.2) is 0 Å². The summed E-state index contributed by atoms with van der Waals surface area (Å²) in [5, 5.41) is 12.2. The number of piperidine rings is 3. The molecule has 0 radical (unpaired) electrons. The number of hydrogen-bond donors (Lipinski definition) is 1. The minimum absolute atomic E-state index is 0.225. The molecule has 1 aromatic heterocycles. The molecule has 24 heavy (non-hydrogen) atoms. The number of aliphatic hydroxyl groups excluding tert-OH is 1. The van der Waals surface area contributed by atoms with Crippen LogP contribution in [0.1, 0.15) is 37.9 Å². The van der Waals surface area contributed by atoms with Crippen LogP contribution in [0.15, 0.2) is 30.5 Å². The van der Waals surface area contributed by atoms with E-state index in [2.05, 4.69) is 16.8 Å². The Bertz CT molecular complexity index is 733. The van der Waals surface area contributed by atoms with E-state index in [-0.39, 0.29) is 6.04 Å². The first-order chi connectivity index (χ1) is 11.7. The first kappa shape index (κ1) is 15.9. The zero-order chi connectivity index (χ0) is 16.7. The van der Waals surface area contributed by atoms with E-state index in [1.165, 1.54) is 12.8 Å². The first-order valence-corrected chi connectivity index (χ1v) is 9.06. The lowest BCUT2D eigenvalue weighted by Gasteiger charge is -2.51. The van der Waals surface area contributed by atoms with Crippen molar-refractivity contribution in [3.63, 3.8) is 0 Å². The highest BCUT2D eigenvalue weighted by molar-refractivity contribution is 5.83. The molecule has 0 aliphatic carbocycles. The Balaban J connectivity index is 1.68. The molecule has 3 fully saturated rings. The molecule has 4 nitrogen and oxygen atoms in total. The Kier molecular flexibility index (Phi) is 4.19. The zero-order valence-electron chi connectivity index (χ0n) is 14.5. The van der Waals surface area contributed by atoms with Crippen LogP contribution in [0.2, 0.25) is 0 Å². The second-order valence-corrected chi connectivity index (χ2v) is 7.24. The molecule has 0 amide bonds. The Morgan fingerprint density at radius 2 is 2.25 bits per heavy atom. The quantitative estimate of drug-likeness (QED) is 0.935. The highest BCUT2D eigenvalue weighted by atomic mass is 16.5. The third-order valence-electron chi connectivity index (χ3n) is 6.13. The molecule has 3 saturated heterocycles. The van der Waals surface area contributed by atoms with Gasteiger partial charge in [0.05, 0.1) is 18.7 Å². The lowest BCUT2D eigenvalue weighted by molar-refractivity contribution is -0.0562. The number of nitrogens with zero attached hydrogens (tertiary/aromatic N) is 2. The first-order valence-electron chi connectivity index (χ1n) is 9.06. The average Bonchev–Trinajstić information content (AvgIpc) is 2.66. The fourth-order valence-corrected chi connectivity index (χ4v) is 4.71. The summed E-state index contributed by atoms with van der Waals surface area (Å²) in [6.07, 6.45) is 4.97. The van der Waals surface area contributed by atoms with Crippen molar-refractivity contribution in [2.24, 2.45) is 11.8 Å². The van der Waals surface area contributed by atoms with Crippen LogP contribution in [0.5, 0.6) is 5.75 Å². The second-order valence-electron chi connectivity index (χ2n) is 7.24. The summed E-state index contributed by atoms with van der Waals surface area (Å²) < 4.78 is 5.36. The highest BCUT2D eigenvalue weighted by Gasteiger charge is 2.42. The summed E-state index contributed by atoms with van der Waals surface area (Å²) >= 11 is 0. The molecule has 0 saturated carbocycles. The van der Waals surface area contributed by atoms with E-state index in [1.54, 1.807) is 13.3 Å². The highest BCUT2D eigenvalue weighted by Crippen LogP contribution is 2.42. The molecule has 5 rings (SSSR count). The zero-order valence-corrected chi connectivity index (χ0v) is 14.5. The summed E-state index contributed by atoms with van der Waals surface area (Å²) in [5.74, 6) is 2.37. The van der Waals surface area contributed by atoms with Gasteiger partial charge in [-0.05, 0) is 61.1 Å². The molecule has 1 aromatic carbocycles. The third kappa shape index (κ3) is 2.58. The van der Waals surface area contributed by atoms with Crippen LogP contribution >= 0.6 is 0 Å². The van der Waals surface area contributed by atoms with Crippen LogP contribution in [0.4, 0.5) is 0 Å². The second kappa shape index (κ2) is 6.34. The van der Waals surface area contributed by atoms with E-state index in [0.29, 0.717) is 0 Å². The average molecular weight is 326 g/mol. The van der Waals surface area contributed by atoms with Gasteiger partial charge in [-0.15, -0.1) is 0 Å². The van der Waals surface area contributed by atoms with Gasteiger partial charge in [-0.1, -0.05) is 13.3 Å². The summed E-state index contributed by atoms with van der Waals surface area (Å²) in [6, 6.07) is 8.07. The maximum Gasteiger partial charge on any atom is 0.119 e. The molecule has 1 unspecified atom stereocenters. The van der Waals surface area contributed by atoms with Crippen molar-refractivity contribution in [2.45, 2.75) is 38.3 Å². The number of hydrogen-bond acceptors (Lipinski definition) is 4. The number of aromatic nitrogens is 1. The Morgan fingerprint density at radius 3 is 2.96 bits per heavy atom. The van der Waals surface area contributed by atoms with Gasteiger partial charge < -0.3 is 9.84 Å². The van der Waals surface area contributed by atoms with Crippen molar-refractivity contribution in [1.29, 1.82) is 0 Å². The Hall–Kier alpha value is -1.65. The molecular formula is C20H26N2O2. The standard InChI is InChI=1S/C20H26N2O2/c1-3-13-12-22-9-7-14(13)10-19(22)20(23)16-6-8-21-18-5-4-15(24-2)11-17(16)18/h4-6,8,11,13-14,19-20,23H,3,7,9-10,12H2,1-2H3/t13-,14+,19+,20-/m1/s1. The molecule has 2 aromatic rings. The van der Waals surface area contributed by atoms with E-state index in [4.69, 9.17) is 4.74 Å². The van der Waals surface area contributed by atoms with Gasteiger partial charge in [-0.2, -0.15) is 0 Å². The predicted octanol–water partition coefficient (Wildman–Crippen LogP) is 3.40. The van der Waals surface area contributed by atoms with Crippen LogP contribution in [0, 0.1) is 11.8 Å². The monoisotopic (exact) mass is 326 g/mol. The van der Waals surface area contributed by atoms with Crippen molar-refractivity contribution in [3.8, 4) is 5.75 Å².